The molecule has 162 valence electrons. The van der Waals surface area contributed by atoms with Gasteiger partial charge < -0.3 is 4.90 Å². The second kappa shape index (κ2) is 8.37. The lowest BCUT2D eigenvalue weighted by atomic mass is 10.1. The molecule has 30 heavy (non-hydrogen) atoms. The molecule has 2 aromatic carbocycles. The van der Waals surface area contributed by atoms with E-state index in [0.29, 0.717) is 29.9 Å². The summed E-state index contributed by atoms with van der Waals surface area (Å²) in [7, 11) is -7.01. The number of hydrogen-bond donors (Lipinski definition) is 1. The van der Waals surface area contributed by atoms with Crippen LogP contribution >= 0.6 is 0 Å². The molecule has 8 nitrogen and oxygen atoms in total. The Labute approximate surface area is 177 Å². The van der Waals surface area contributed by atoms with Crippen molar-refractivity contribution in [3.63, 3.8) is 0 Å². The highest BCUT2D eigenvalue weighted by atomic mass is 32.2. The molecular weight excluding hydrogens is 426 g/mol. The van der Waals surface area contributed by atoms with Gasteiger partial charge in [-0.15, -0.1) is 0 Å². The molecule has 1 heterocycles. The van der Waals surface area contributed by atoms with Crippen LogP contribution in [-0.2, 0) is 20.0 Å². The molecule has 3 rings (SSSR count). The van der Waals surface area contributed by atoms with E-state index in [2.05, 4.69) is 4.72 Å². The second-order valence-electron chi connectivity index (χ2n) is 7.41. The van der Waals surface area contributed by atoms with Gasteiger partial charge in [0.15, 0.2) is 0 Å². The molecule has 1 saturated heterocycles. The van der Waals surface area contributed by atoms with Crippen LogP contribution < -0.4 is 4.72 Å². The second-order valence-corrected chi connectivity index (χ2v) is 11.0. The van der Waals surface area contributed by atoms with Crippen molar-refractivity contribution in [1.29, 1.82) is 0 Å². The number of aryl methyl sites for hydroxylation is 2. The first-order valence-electron chi connectivity index (χ1n) is 9.42. The van der Waals surface area contributed by atoms with Crippen LogP contribution in [0.1, 0.15) is 21.5 Å². The van der Waals surface area contributed by atoms with Crippen molar-refractivity contribution >= 4 is 31.6 Å². The molecule has 1 aliphatic heterocycles. The normalized spacial score (nSPS) is 15.8. The fraction of sp³-hybridized carbons (Fsp3) is 0.350. The number of nitrogens with one attached hydrogen (secondary N) is 1. The fourth-order valence-electron chi connectivity index (χ4n) is 3.29. The molecule has 0 spiro atoms. The van der Waals surface area contributed by atoms with Gasteiger partial charge in [0.25, 0.3) is 15.9 Å². The summed E-state index contributed by atoms with van der Waals surface area (Å²) in [6.07, 6.45) is 1.16. The molecule has 1 amide bonds. The summed E-state index contributed by atoms with van der Waals surface area (Å²) in [5.74, 6) is -0.216. The van der Waals surface area contributed by atoms with E-state index in [1.165, 1.54) is 4.31 Å². The first kappa shape index (κ1) is 22.3. The van der Waals surface area contributed by atoms with Crippen molar-refractivity contribution in [2.75, 3.05) is 37.2 Å². The van der Waals surface area contributed by atoms with Gasteiger partial charge in [-0.25, -0.2) is 16.8 Å². The molecule has 0 aliphatic carbocycles. The number of hydrogen-bond acceptors (Lipinski definition) is 5. The molecule has 0 radical (unpaired) electrons. The Hall–Kier alpha value is -2.43. The van der Waals surface area contributed by atoms with E-state index in [-0.39, 0.29) is 23.9 Å². The third-order valence-corrected chi connectivity index (χ3v) is 7.84. The molecule has 1 fully saturated rings. The number of piperazine rings is 1. The van der Waals surface area contributed by atoms with Gasteiger partial charge in [0.05, 0.1) is 11.2 Å². The predicted octanol–water partition coefficient (Wildman–Crippen LogP) is 1.82. The number of carbonyl (C=O) groups excluding carboxylic acids is 1. The van der Waals surface area contributed by atoms with Gasteiger partial charge in [-0.05, 0) is 55.3 Å². The van der Waals surface area contributed by atoms with Crippen LogP contribution in [0.5, 0.6) is 0 Å². The minimum Gasteiger partial charge on any atom is -0.336 e. The molecule has 0 aromatic heterocycles. The van der Waals surface area contributed by atoms with Crippen molar-refractivity contribution in [2.24, 2.45) is 0 Å². The average Bonchev–Trinajstić information content (AvgIpc) is 2.69. The Balaban J connectivity index is 1.69. The number of carbonyl (C=O) groups is 1. The van der Waals surface area contributed by atoms with Crippen LogP contribution in [0.2, 0.25) is 0 Å². The lowest BCUT2D eigenvalue weighted by Gasteiger charge is -2.33. The van der Waals surface area contributed by atoms with Crippen molar-refractivity contribution in [3.8, 4) is 0 Å². The summed E-state index contributed by atoms with van der Waals surface area (Å²) >= 11 is 0. The maximum atomic E-state index is 12.7. The number of sulfonamides is 2. The maximum Gasteiger partial charge on any atom is 0.262 e. The largest absolute Gasteiger partial charge is 0.336 e. The number of nitrogens with zero attached hydrogens (tertiary/aromatic N) is 2. The minimum atomic E-state index is -3.75. The van der Waals surface area contributed by atoms with E-state index in [1.54, 1.807) is 48.2 Å². The third kappa shape index (κ3) is 5.00. The number of anilines is 1. The Morgan fingerprint density at radius 1 is 0.900 bits per heavy atom. The Morgan fingerprint density at radius 2 is 1.50 bits per heavy atom. The zero-order valence-electron chi connectivity index (χ0n) is 17.1. The molecule has 10 heteroatoms. The quantitative estimate of drug-likeness (QED) is 0.747. The van der Waals surface area contributed by atoms with Gasteiger partial charge in [-0.1, -0.05) is 12.1 Å². The summed E-state index contributed by atoms with van der Waals surface area (Å²) in [5.41, 5.74) is 2.26. The highest BCUT2D eigenvalue weighted by Crippen LogP contribution is 2.21. The number of benzene rings is 2. The first-order valence-corrected chi connectivity index (χ1v) is 12.7. The number of amides is 1. The monoisotopic (exact) mass is 451 g/mol. The van der Waals surface area contributed by atoms with E-state index in [1.807, 2.05) is 13.0 Å². The van der Waals surface area contributed by atoms with Crippen molar-refractivity contribution in [1.82, 2.24) is 9.21 Å². The standard InChI is InChI=1S/C20H25N3O5S2/c1-15-4-5-16(2)19(14-15)30(27,28)21-18-8-6-17(7-9-18)20(24)22-10-12-23(13-11-22)29(3,25)26/h4-9,14,21H,10-13H2,1-3H3. The van der Waals surface area contributed by atoms with Gasteiger partial charge in [0.2, 0.25) is 10.0 Å². The van der Waals surface area contributed by atoms with E-state index in [9.17, 15) is 21.6 Å². The molecule has 1 N–H and O–H groups in total. The maximum absolute atomic E-state index is 12.7. The molecule has 0 saturated carbocycles. The van der Waals surface area contributed by atoms with E-state index in [0.717, 1.165) is 11.8 Å². The van der Waals surface area contributed by atoms with Gasteiger partial charge in [0, 0.05) is 37.4 Å². The topological polar surface area (TPSA) is 104 Å². The van der Waals surface area contributed by atoms with Crippen LogP contribution in [0.4, 0.5) is 5.69 Å². The first-order chi connectivity index (χ1) is 14.0. The van der Waals surface area contributed by atoms with Crippen molar-refractivity contribution in [2.45, 2.75) is 18.7 Å². The highest BCUT2D eigenvalue weighted by molar-refractivity contribution is 7.92. The van der Waals surface area contributed by atoms with Crippen LogP contribution in [0, 0.1) is 13.8 Å². The van der Waals surface area contributed by atoms with E-state index >= 15 is 0 Å². The molecule has 0 bridgehead atoms. The fourth-order valence-corrected chi connectivity index (χ4v) is 5.51. The molecule has 1 aliphatic rings. The van der Waals surface area contributed by atoms with E-state index < -0.39 is 20.0 Å². The third-order valence-electron chi connectivity index (χ3n) is 5.01. The molecule has 2 aromatic rings. The lowest BCUT2D eigenvalue weighted by Crippen LogP contribution is -2.50. The van der Waals surface area contributed by atoms with Crippen LogP contribution in [0.25, 0.3) is 0 Å². The van der Waals surface area contributed by atoms with Gasteiger partial charge >= 0.3 is 0 Å². The van der Waals surface area contributed by atoms with Crippen LogP contribution in [0.3, 0.4) is 0 Å². The summed E-state index contributed by atoms with van der Waals surface area (Å²) in [5, 5.41) is 0. The average molecular weight is 452 g/mol. The predicted molar refractivity (Wildman–Crippen MR) is 115 cm³/mol. The van der Waals surface area contributed by atoms with Crippen molar-refractivity contribution < 1.29 is 21.6 Å². The van der Waals surface area contributed by atoms with Crippen molar-refractivity contribution in [3.05, 3.63) is 59.2 Å². The minimum absolute atomic E-state index is 0.214. The zero-order chi connectivity index (χ0) is 22.1. The summed E-state index contributed by atoms with van der Waals surface area (Å²) < 4.78 is 52.5. The molecule has 0 atom stereocenters. The number of rotatable bonds is 5. The Morgan fingerprint density at radius 3 is 2.07 bits per heavy atom. The van der Waals surface area contributed by atoms with Crippen LogP contribution in [-0.4, -0.2) is 64.4 Å². The SMILES string of the molecule is Cc1ccc(C)c(S(=O)(=O)Nc2ccc(C(=O)N3CCN(S(C)(=O)=O)CC3)cc2)c1. The van der Waals surface area contributed by atoms with Crippen LogP contribution in [0.15, 0.2) is 47.4 Å². The Kier molecular flexibility index (Phi) is 6.21. The smallest absolute Gasteiger partial charge is 0.262 e. The summed E-state index contributed by atoms with van der Waals surface area (Å²) in [6.45, 7) is 4.71. The molecule has 0 unspecified atom stereocenters. The zero-order valence-corrected chi connectivity index (χ0v) is 18.8. The summed E-state index contributed by atoms with van der Waals surface area (Å²) in [6, 6.07) is 11.4. The van der Waals surface area contributed by atoms with Gasteiger partial charge in [-0.3, -0.25) is 9.52 Å². The molecular formula is C20H25N3O5S2. The summed E-state index contributed by atoms with van der Waals surface area (Å²) in [4.78, 5) is 14.5. The Bertz CT molecular complexity index is 1150. The van der Waals surface area contributed by atoms with E-state index in [4.69, 9.17) is 0 Å². The highest BCUT2D eigenvalue weighted by Gasteiger charge is 2.26. The lowest BCUT2D eigenvalue weighted by molar-refractivity contribution is 0.0698. The van der Waals surface area contributed by atoms with Gasteiger partial charge in [-0.2, -0.15) is 4.31 Å². The van der Waals surface area contributed by atoms with Gasteiger partial charge in [0.1, 0.15) is 0 Å².